The van der Waals surface area contributed by atoms with Gasteiger partial charge >= 0.3 is 0 Å². The van der Waals surface area contributed by atoms with Crippen molar-refractivity contribution in [3.63, 3.8) is 0 Å². The molecule has 0 saturated carbocycles. The van der Waals surface area contributed by atoms with E-state index in [0.717, 1.165) is 6.42 Å². The van der Waals surface area contributed by atoms with Crippen LogP contribution in [0.5, 0.6) is 0 Å². The maximum atomic E-state index is 12.2. The Labute approximate surface area is 104 Å². The van der Waals surface area contributed by atoms with Crippen molar-refractivity contribution in [2.75, 3.05) is 7.05 Å². The Balaban J connectivity index is 3.22. The third-order valence-electron chi connectivity index (χ3n) is 2.57. The zero-order valence-corrected chi connectivity index (χ0v) is 12.1. The fourth-order valence-corrected chi connectivity index (χ4v) is 3.69. The molecule has 0 radical (unpaired) electrons. The Hall–Kier alpha value is -0.470. The summed E-state index contributed by atoms with van der Waals surface area (Å²) in [5, 5.41) is 7.42. The molecule has 16 heavy (non-hydrogen) atoms. The number of hydrogen-bond acceptors (Lipinski definition) is 4. The zero-order valence-electron chi connectivity index (χ0n) is 9.68. The summed E-state index contributed by atoms with van der Waals surface area (Å²) in [6.07, 6.45) is 0.749. The van der Waals surface area contributed by atoms with Crippen LogP contribution in [0.3, 0.4) is 0 Å². The minimum atomic E-state index is -3.54. The number of hydrogen-bond donors (Lipinski definition) is 0. The van der Waals surface area contributed by atoms with Crippen molar-refractivity contribution in [3.8, 4) is 0 Å². The van der Waals surface area contributed by atoms with Crippen molar-refractivity contribution in [2.24, 2.45) is 7.05 Å². The molecule has 92 valence electrons. The van der Waals surface area contributed by atoms with Crippen LogP contribution in [0.25, 0.3) is 0 Å². The predicted octanol–water partition coefficient (Wildman–Crippen LogP) is 0.997. The van der Waals surface area contributed by atoms with Crippen LogP contribution in [0.4, 0.5) is 0 Å². The lowest BCUT2D eigenvalue weighted by Crippen LogP contribution is -2.35. The van der Waals surface area contributed by atoms with Crippen LogP contribution >= 0.6 is 15.9 Å². The number of halogens is 1. The molecular formula is C8H15BrN4O2S. The van der Waals surface area contributed by atoms with E-state index in [2.05, 4.69) is 26.2 Å². The van der Waals surface area contributed by atoms with Gasteiger partial charge < -0.3 is 0 Å². The van der Waals surface area contributed by atoms with E-state index in [1.165, 1.54) is 8.99 Å². The SMILES string of the molecule is CCC(C)N(C)S(=O)(=O)c1c(Br)nnn1C. The largest absolute Gasteiger partial charge is 0.263 e. The zero-order chi connectivity index (χ0) is 12.5. The van der Waals surface area contributed by atoms with Gasteiger partial charge in [0.1, 0.15) is 0 Å². The van der Waals surface area contributed by atoms with Crippen LogP contribution in [-0.4, -0.2) is 40.8 Å². The summed E-state index contributed by atoms with van der Waals surface area (Å²) in [5.41, 5.74) is 0. The van der Waals surface area contributed by atoms with Crippen molar-refractivity contribution < 1.29 is 8.42 Å². The molecule has 0 aliphatic heterocycles. The van der Waals surface area contributed by atoms with Gasteiger partial charge in [0.05, 0.1) is 0 Å². The fraction of sp³-hybridized carbons (Fsp3) is 0.750. The average Bonchev–Trinajstić information content (AvgIpc) is 2.56. The third kappa shape index (κ3) is 2.28. The van der Waals surface area contributed by atoms with Crippen molar-refractivity contribution in [3.05, 3.63) is 4.60 Å². The van der Waals surface area contributed by atoms with E-state index in [4.69, 9.17) is 0 Å². The quantitative estimate of drug-likeness (QED) is 0.832. The summed E-state index contributed by atoms with van der Waals surface area (Å²) in [5.74, 6) is 0. The first-order valence-corrected chi connectivity index (χ1v) is 7.08. The maximum absolute atomic E-state index is 12.2. The van der Waals surface area contributed by atoms with E-state index in [-0.39, 0.29) is 15.7 Å². The van der Waals surface area contributed by atoms with Crippen LogP contribution in [0, 0.1) is 0 Å². The Bertz CT molecular complexity index is 451. The first-order chi connectivity index (χ1) is 7.32. The first-order valence-electron chi connectivity index (χ1n) is 4.85. The molecule has 0 spiro atoms. The highest BCUT2D eigenvalue weighted by molar-refractivity contribution is 9.10. The van der Waals surface area contributed by atoms with Gasteiger partial charge in [-0.3, -0.25) is 0 Å². The van der Waals surface area contributed by atoms with E-state index < -0.39 is 10.0 Å². The molecule has 1 atom stereocenters. The standard InChI is InChI=1S/C8H15BrN4O2S/c1-5-6(2)13(4)16(14,15)8-7(9)10-11-12(8)3/h6H,5H2,1-4H3. The fourth-order valence-electron chi connectivity index (χ4n) is 1.23. The van der Waals surface area contributed by atoms with E-state index >= 15 is 0 Å². The Morgan fingerprint density at radius 3 is 2.50 bits per heavy atom. The summed E-state index contributed by atoms with van der Waals surface area (Å²) in [7, 11) is -0.435. The second kappa shape index (κ2) is 4.80. The highest BCUT2D eigenvalue weighted by atomic mass is 79.9. The smallest absolute Gasteiger partial charge is 0.235 e. The number of aryl methyl sites for hydroxylation is 1. The molecule has 6 nitrogen and oxygen atoms in total. The lowest BCUT2D eigenvalue weighted by molar-refractivity contribution is 0.376. The van der Waals surface area contributed by atoms with Gasteiger partial charge in [-0.15, -0.1) is 5.10 Å². The molecule has 0 bridgehead atoms. The minimum Gasteiger partial charge on any atom is -0.235 e. The van der Waals surface area contributed by atoms with Crippen molar-refractivity contribution in [2.45, 2.75) is 31.3 Å². The second-order valence-electron chi connectivity index (χ2n) is 3.59. The number of sulfonamides is 1. The Morgan fingerprint density at radius 1 is 1.56 bits per heavy atom. The van der Waals surface area contributed by atoms with Crippen LogP contribution in [0.1, 0.15) is 20.3 Å². The summed E-state index contributed by atoms with van der Waals surface area (Å²) >= 11 is 3.09. The molecule has 0 N–H and O–H groups in total. The van der Waals surface area contributed by atoms with Crippen LogP contribution in [0.15, 0.2) is 9.63 Å². The Kier molecular flexibility index (Phi) is 4.08. The van der Waals surface area contributed by atoms with Gasteiger partial charge in [0.25, 0.3) is 10.0 Å². The first kappa shape index (κ1) is 13.6. The molecule has 1 aromatic rings. The van der Waals surface area contributed by atoms with E-state index in [1.54, 1.807) is 14.1 Å². The van der Waals surface area contributed by atoms with Gasteiger partial charge in [0.15, 0.2) is 4.60 Å². The van der Waals surface area contributed by atoms with Crippen molar-refractivity contribution >= 4 is 26.0 Å². The molecule has 8 heteroatoms. The van der Waals surface area contributed by atoms with Crippen LogP contribution < -0.4 is 0 Å². The molecule has 0 aliphatic rings. The molecule has 0 amide bonds. The molecule has 1 unspecified atom stereocenters. The summed E-state index contributed by atoms with van der Waals surface area (Å²) in [6, 6.07) is -0.0631. The van der Waals surface area contributed by atoms with Gasteiger partial charge in [-0.1, -0.05) is 12.1 Å². The molecule has 0 aliphatic carbocycles. The lowest BCUT2D eigenvalue weighted by atomic mass is 10.3. The Morgan fingerprint density at radius 2 is 2.12 bits per heavy atom. The normalized spacial score (nSPS) is 14.4. The highest BCUT2D eigenvalue weighted by Crippen LogP contribution is 2.22. The number of aromatic nitrogens is 3. The van der Waals surface area contributed by atoms with Gasteiger partial charge in [-0.05, 0) is 29.3 Å². The van der Waals surface area contributed by atoms with E-state index in [0.29, 0.717) is 0 Å². The molecular weight excluding hydrogens is 296 g/mol. The van der Waals surface area contributed by atoms with Gasteiger partial charge in [0.2, 0.25) is 5.03 Å². The van der Waals surface area contributed by atoms with E-state index in [9.17, 15) is 8.42 Å². The molecule has 0 aromatic carbocycles. The van der Waals surface area contributed by atoms with Crippen molar-refractivity contribution in [1.82, 2.24) is 19.3 Å². The van der Waals surface area contributed by atoms with Gasteiger partial charge in [-0.25, -0.2) is 13.1 Å². The second-order valence-corrected chi connectivity index (χ2v) is 6.25. The summed E-state index contributed by atoms with van der Waals surface area (Å²) in [4.78, 5) is 0. The molecule has 1 aromatic heterocycles. The molecule has 0 saturated heterocycles. The predicted molar refractivity (Wildman–Crippen MR) is 63.4 cm³/mol. The minimum absolute atomic E-state index is 0.0631. The topological polar surface area (TPSA) is 68.1 Å². The number of nitrogens with zero attached hydrogens (tertiary/aromatic N) is 4. The summed E-state index contributed by atoms with van der Waals surface area (Å²) < 4.78 is 27.3. The van der Waals surface area contributed by atoms with E-state index in [1.807, 2.05) is 13.8 Å². The maximum Gasteiger partial charge on any atom is 0.263 e. The van der Waals surface area contributed by atoms with Crippen molar-refractivity contribution in [1.29, 1.82) is 0 Å². The van der Waals surface area contributed by atoms with Crippen LogP contribution in [0.2, 0.25) is 0 Å². The molecule has 1 heterocycles. The third-order valence-corrected chi connectivity index (χ3v) is 5.43. The monoisotopic (exact) mass is 310 g/mol. The number of rotatable bonds is 4. The molecule has 0 fully saturated rings. The summed E-state index contributed by atoms with van der Waals surface area (Å²) in [6.45, 7) is 3.79. The molecule has 1 rings (SSSR count). The lowest BCUT2D eigenvalue weighted by Gasteiger charge is -2.22. The highest BCUT2D eigenvalue weighted by Gasteiger charge is 2.30. The average molecular weight is 311 g/mol. The van der Waals surface area contributed by atoms with Gasteiger partial charge in [-0.2, -0.15) is 4.31 Å². The van der Waals surface area contributed by atoms with Crippen LogP contribution in [-0.2, 0) is 17.1 Å². The van der Waals surface area contributed by atoms with Gasteiger partial charge in [0, 0.05) is 20.1 Å².